The highest BCUT2D eigenvalue weighted by Gasteiger charge is 2.23. The van der Waals surface area contributed by atoms with E-state index < -0.39 is 0 Å². The molecule has 29 heavy (non-hydrogen) atoms. The average molecular weight is 409 g/mol. The minimum atomic E-state index is -0.165. The third-order valence-corrected chi connectivity index (χ3v) is 5.26. The van der Waals surface area contributed by atoms with Crippen LogP contribution < -0.4 is 0 Å². The molecular weight excluding hydrogens is 384 g/mol. The third kappa shape index (κ3) is 5.68. The summed E-state index contributed by atoms with van der Waals surface area (Å²) in [7, 11) is 0. The Labute approximate surface area is 174 Å². The Hall–Kier alpha value is -3.12. The number of hydrogen-bond donors (Lipinski definition) is 0. The molecule has 2 amide bonds. The Bertz CT molecular complexity index is 948. The number of thiophene rings is 1. The van der Waals surface area contributed by atoms with E-state index in [1.807, 2.05) is 60.8 Å². The zero-order valence-corrected chi connectivity index (χ0v) is 17.2. The number of hydrogen-bond acceptors (Lipinski definition) is 4. The van der Waals surface area contributed by atoms with Crippen LogP contribution in [0.4, 0.5) is 0 Å². The largest absolute Gasteiger partial charge is 0.464 e. The predicted molar refractivity (Wildman–Crippen MR) is 115 cm³/mol. The van der Waals surface area contributed by atoms with E-state index >= 15 is 0 Å². The van der Waals surface area contributed by atoms with Gasteiger partial charge in [-0.2, -0.15) is 0 Å². The number of furan rings is 1. The van der Waals surface area contributed by atoms with Crippen LogP contribution in [0.5, 0.6) is 0 Å². The first-order chi connectivity index (χ1) is 14.1. The zero-order chi connectivity index (χ0) is 20.6. The van der Waals surface area contributed by atoms with Gasteiger partial charge in [0.1, 0.15) is 18.1 Å². The fourth-order valence-corrected chi connectivity index (χ4v) is 3.68. The lowest BCUT2D eigenvalue weighted by Gasteiger charge is -2.26. The summed E-state index contributed by atoms with van der Waals surface area (Å²) in [5.74, 6) is 1.20. The lowest BCUT2D eigenvalue weighted by atomic mass is 10.2. The molecule has 150 valence electrons. The van der Waals surface area contributed by atoms with Crippen molar-refractivity contribution in [3.05, 3.63) is 94.6 Å². The van der Waals surface area contributed by atoms with E-state index in [0.29, 0.717) is 30.3 Å². The van der Waals surface area contributed by atoms with Crippen molar-refractivity contribution in [2.45, 2.75) is 20.0 Å². The van der Waals surface area contributed by atoms with Gasteiger partial charge in [-0.15, -0.1) is 17.9 Å². The molecule has 6 heteroatoms. The molecule has 0 spiro atoms. The molecule has 5 nitrogen and oxygen atoms in total. The summed E-state index contributed by atoms with van der Waals surface area (Å²) in [4.78, 5) is 29.8. The highest BCUT2D eigenvalue weighted by molar-refractivity contribution is 7.12. The maximum Gasteiger partial charge on any atom is 0.264 e. The standard InChI is InChI=1S/C23H24N2O3S/c1-3-13-24(23(27)21-10-7-14-29-21)17-22(26)25(15-19-8-5-4-6-9-19)16-20-12-11-18(2)28-20/h3-12,14H,1,13,15-17H2,2H3. The molecular formula is C23H24N2O3S. The van der Waals surface area contributed by atoms with Crippen LogP contribution >= 0.6 is 11.3 Å². The molecule has 0 atom stereocenters. The summed E-state index contributed by atoms with van der Waals surface area (Å²) < 4.78 is 5.67. The van der Waals surface area contributed by atoms with Crippen LogP contribution in [0.2, 0.25) is 0 Å². The fraction of sp³-hybridized carbons (Fsp3) is 0.217. The van der Waals surface area contributed by atoms with Crippen LogP contribution in [0.25, 0.3) is 0 Å². The SMILES string of the molecule is C=CCN(CC(=O)N(Cc1ccccc1)Cc1ccc(C)o1)C(=O)c1cccs1. The fourth-order valence-electron chi connectivity index (χ4n) is 2.99. The highest BCUT2D eigenvalue weighted by atomic mass is 32.1. The maximum absolute atomic E-state index is 13.2. The zero-order valence-electron chi connectivity index (χ0n) is 16.4. The molecule has 3 aromatic rings. The van der Waals surface area contributed by atoms with Crippen LogP contribution in [-0.4, -0.2) is 34.7 Å². The Morgan fingerprint density at radius 2 is 1.83 bits per heavy atom. The van der Waals surface area contributed by atoms with Gasteiger partial charge >= 0.3 is 0 Å². The first-order valence-corrected chi connectivity index (χ1v) is 10.3. The summed E-state index contributed by atoms with van der Waals surface area (Å²) in [5, 5.41) is 1.85. The van der Waals surface area contributed by atoms with Gasteiger partial charge in [0.05, 0.1) is 11.4 Å². The number of carbonyl (C=O) groups excluding carboxylic acids is 2. The van der Waals surface area contributed by atoms with Gasteiger partial charge in [-0.05, 0) is 36.1 Å². The normalized spacial score (nSPS) is 10.5. The molecule has 0 N–H and O–H groups in total. The molecule has 2 heterocycles. The number of rotatable bonds is 9. The Morgan fingerprint density at radius 1 is 1.03 bits per heavy atom. The van der Waals surface area contributed by atoms with Gasteiger partial charge in [-0.1, -0.05) is 42.5 Å². The molecule has 0 unspecified atom stereocenters. The molecule has 0 saturated carbocycles. The summed E-state index contributed by atoms with van der Waals surface area (Å²) in [5.41, 5.74) is 1.02. The van der Waals surface area contributed by atoms with E-state index in [0.717, 1.165) is 11.3 Å². The number of benzene rings is 1. The van der Waals surface area contributed by atoms with Gasteiger partial charge in [0.2, 0.25) is 5.91 Å². The van der Waals surface area contributed by atoms with Crippen molar-refractivity contribution in [2.75, 3.05) is 13.1 Å². The number of amides is 2. The number of nitrogens with zero attached hydrogens (tertiary/aromatic N) is 2. The van der Waals surface area contributed by atoms with Crippen LogP contribution in [0.1, 0.15) is 26.8 Å². The highest BCUT2D eigenvalue weighted by Crippen LogP contribution is 2.16. The van der Waals surface area contributed by atoms with Crippen molar-refractivity contribution in [3.8, 4) is 0 Å². The van der Waals surface area contributed by atoms with Crippen molar-refractivity contribution >= 4 is 23.2 Å². The molecule has 3 rings (SSSR count). The summed E-state index contributed by atoms with van der Waals surface area (Å²) in [6.07, 6.45) is 1.64. The van der Waals surface area contributed by atoms with Crippen LogP contribution in [0.15, 0.2) is 77.0 Å². The van der Waals surface area contributed by atoms with Gasteiger partial charge in [-0.3, -0.25) is 9.59 Å². The maximum atomic E-state index is 13.2. The van der Waals surface area contributed by atoms with Crippen molar-refractivity contribution in [3.63, 3.8) is 0 Å². The lowest BCUT2D eigenvalue weighted by Crippen LogP contribution is -2.42. The molecule has 0 aliphatic carbocycles. The number of aryl methyl sites for hydroxylation is 1. The third-order valence-electron chi connectivity index (χ3n) is 4.41. The van der Waals surface area contributed by atoms with Crippen molar-refractivity contribution < 1.29 is 14.0 Å². The molecule has 0 aliphatic rings. The van der Waals surface area contributed by atoms with Gasteiger partial charge in [-0.25, -0.2) is 0 Å². The van der Waals surface area contributed by atoms with Crippen molar-refractivity contribution in [1.29, 1.82) is 0 Å². The number of carbonyl (C=O) groups is 2. The van der Waals surface area contributed by atoms with E-state index in [1.165, 1.54) is 16.2 Å². The van der Waals surface area contributed by atoms with E-state index in [4.69, 9.17) is 4.42 Å². The topological polar surface area (TPSA) is 53.8 Å². The van der Waals surface area contributed by atoms with Gasteiger partial charge in [0, 0.05) is 13.1 Å². The lowest BCUT2D eigenvalue weighted by molar-refractivity contribution is -0.133. The quantitative estimate of drug-likeness (QED) is 0.490. The molecule has 0 aliphatic heterocycles. The first kappa shape index (κ1) is 20.6. The average Bonchev–Trinajstić information content (AvgIpc) is 3.39. The summed E-state index contributed by atoms with van der Waals surface area (Å²) in [6.45, 7) is 6.67. The smallest absolute Gasteiger partial charge is 0.264 e. The molecule has 2 aromatic heterocycles. The molecule has 0 bridgehead atoms. The second-order valence-electron chi connectivity index (χ2n) is 6.70. The van der Waals surface area contributed by atoms with Gasteiger partial charge in [0.15, 0.2) is 0 Å². The van der Waals surface area contributed by atoms with E-state index in [9.17, 15) is 9.59 Å². The summed E-state index contributed by atoms with van der Waals surface area (Å²) >= 11 is 1.36. The molecule has 0 saturated heterocycles. The molecule has 0 radical (unpaired) electrons. The Kier molecular flexibility index (Phi) is 7.03. The van der Waals surface area contributed by atoms with Crippen LogP contribution in [-0.2, 0) is 17.9 Å². The van der Waals surface area contributed by atoms with Crippen LogP contribution in [0.3, 0.4) is 0 Å². The van der Waals surface area contributed by atoms with E-state index in [-0.39, 0.29) is 18.4 Å². The van der Waals surface area contributed by atoms with Crippen molar-refractivity contribution in [1.82, 2.24) is 9.80 Å². The Morgan fingerprint density at radius 3 is 2.45 bits per heavy atom. The predicted octanol–water partition coefficient (Wildman–Crippen LogP) is 4.51. The van der Waals surface area contributed by atoms with Gasteiger partial charge < -0.3 is 14.2 Å². The van der Waals surface area contributed by atoms with Crippen LogP contribution in [0, 0.1) is 6.92 Å². The first-order valence-electron chi connectivity index (χ1n) is 9.37. The minimum Gasteiger partial charge on any atom is -0.464 e. The second kappa shape index (κ2) is 9.89. The molecule has 1 aromatic carbocycles. The second-order valence-corrected chi connectivity index (χ2v) is 7.65. The van der Waals surface area contributed by atoms with E-state index in [2.05, 4.69) is 6.58 Å². The summed E-state index contributed by atoms with van der Waals surface area (Å²) in [6, 6.07) is 17.1. The monoisotopic (exact) mass is 408 g/mol. The van der Waals surface area contributed by atoms with E-state index in [1.54, 1.807) is 17.0 Å². The van der Waals surface area contributed by atoms with Crippen molar-refractivity contribution in [2.24, 2.45) is 0 Å². The van der Waals surface area contributed by atoms with Gasteiger partial charge in [0.25, 0.3) is 5.91 Å². The molecule has 0 fully saturated rings. The minimum absolute atomic E-state index is 0.0186. The Balaban J connectivity index is 1.77.